The minimum Gasteiger partial charge on any atom is -0.395 e. The fraction of sp³-hybridized carbons (Fsp3) is 0.609. The Balaban J connectivity index is 1.68. The lowest BCUT2D eigenvalue weighted by Gasteiger charge is -2.58. The van der Waals surface area contributed by atoms with Crippen LogP contribution in [0.25, 0.3) is 10.9 Å². The molecule has 6 rings (SSSR count). The van der Waals surface area contributed by atoms with Gasteiger partial charge in [-0.2, -0.15) is 0 Å². The van der Waals surface area contributed by atoms with Crippen molar-refractivity contribution < 1.29 is 14.6 Å². The number of rotatable bonds is 6. The second kappa shape index (κ2) is 7.42. The Hall–Kier alpha value is -1.89. The van der Waals surface area contributed by atoms with E-state index in [1.54, 1.807) is 7.11 Å². The number of fused-ring (bicyclic) bond motifs is 4. The summed E-state index contributed by atoms with van der Waals surface area (Å²) in [6.45, 7) is 3.08. The fourth-order valence-electron chi connectivity index (χ4n) is 6.60. The van der Waals surface area contributed by atoms with E-state index in [9.17, 15) is 9.90 Å². The molecule has 5 atom stereocenters. The van der Waals surface area contributed by atoms with Gasteiger partial charge in [0.05, 0.1) is 6.61 Å². The number of para-hydroxylation sites is 1. The van der Waals surface area contributed by atoms with Gasteiger partial charge < -0.3 is 20.1 Å². The standard InChI is InChI=1S/C23H31N3O3/c1-29-11-7-16-12-15-13-23(22(28)24-8-10-27)20-18(6-9-26(14-15)21(16)23)17-4-2-3-5-19(17)25-20/h2-5,15-16,21,25,27H,6-14H2,1H3,(H,24,28)/t15-,16+,21+,23-/m1/s1. The molecule has 1 unspecified atom stereocenters. The van der Waals surface area contributed by atoms with Gasteiger partial charge >= 0.3 is 0 Å². The minimum atomic E-state index is -0.584. The van der Waals surface area contributed by atoms with E-state index in [4.69, 9.17) is 4.74 Å². The van der Waals surface area contributed by atoms with Gasteiger partial charge in [0.25, 0.3) is 0 Å². The van der Waals surface area contributed by atoms with E-state index in [0.29, 0.717) is 18.4 Å². The van der Waals surface area contributed by atoms with Crippen molar-refractivity contribution in [1.29, 1.82) is 0 Å². The molecule has 1 saturated carbocycles. The van der Waals surface area contributed by atoms with Crippen molar-refractivity contribution in [2.45, 2.75) is 37.1 Å². The Bertz CT molecular complexity index is 910. The maximum Gasteiger partial charge on any atom is 0.233 e. The summed E-state index contributed by atoms with van der Waals surface area (Å²) in [4.78, 5) is 20.1. The van der Waals surface area contributed by atoms with E-state index in [-0.39, 0.29) is 18.6 Å². The van der Waals surface area contributed by atoms with Crippen molar-refractivity contribution in [2.24, 2.45) is 11.8 Å². The second-order valence-electron chi connectivity index (χ2n) is 9.01. The summed E-state index contributed by atoms with van der Waals surface area (Å²) in [5.41, 5.74) is 2.96. The highest BCUT2D eigenvalue weighted by molar-refractivity contribution is 5.94. The molecule has 4 bridgehead atoms. The molecule has 1 aromatic heterocycles. The normalized spacial score (nSPS) is 32.8. The molecule has 0 spiro atoms. The van der Waals surface area contributed by atoms with Crippen LogP contribution in [0.3, 0.4) is 0 Å². The van der Waals surface area contributed by atoms with E-state index < -0.39 is 5.41 Å². The van der Waals surface area contributed by atoms with Gasteiger partial charge in [0.15, 0.2) is 0 Å². The molecule has 4 heterocycles. The predicted molar refractivity (Wildman–Crippen MR) is 112 cm³/mol. The van der Waals surface area contributed by atoms with Gasteiger partial charge in [0.2, 0.25) is 5.91 Å². The topological polar surface area (TPSA) is 77.6 Å². The van der Waals surface area contributed by atoms with Gasteiger partial charge in [-0.15, -0.1) is 0 Å². The second-order valence-corrected chi connectivity index (χ2v) is 9.01. The van der Waals surface area contributed by atoms with Gasteiger partial charge in [0, 0.05) is 56.0 Å². The molecule has 6 nitrogen and oxygen atoms in total. The zero-order valence-corrected chi connectivity index (χ0v) is 17.1. The monoisotopic (exact) mass is 397 g/mol. The third-order valence-electron chi connectivity index (χ3n) is 7.49. The van der Waals surface area contributed by atoms with E-state index in [2.05, 4.69) is 39.5 Å². The third-order valence-corrected chi connectivity index (χ3v) is 7.49. The largest absolute Gasteiger partial charge is 0.395 e. The smallest absolute Gasteiger partial charge is 0.233 e. The molecule has 3 N–H and O–H groups in total. The number of hydrogen-bond acceptors (Lipinski definition) is 4. The number of hydrogen-bond donors (Lipinski definition) is 3. The molecule has 1 aromatic carbocycles. The van der Waals surface area contributed by atoms with Crippen LogP contribution >= 0.6 is 0 Å². The lowest BCUT2D eigenvalue weighted by Crippen LogP contribution is -2.69. The molecule has 29 heavy (non-hydrogen) atoms. The first-order valence-corrected chi connectivity index (χ1v) is 10.9. The van der Waals surface area contributed by atoms with Crippen LogP contribution in [0.4, 0.5) is 0 Å². The van der Waals surface area contributed by atoms with Crippen molar-refractivity contribution in [3.8, 4) is 0 Å². The van der Waals surface area contributed by atoms with Crippen molar-refractivity contribution in [3.63, 3.8) is 0 Å². The van der Waals surface area contributed by atoms with Crippen LogP contribution in [0.2, 0.25) is 0 Å². The Morgan fingerprint density at radius 1 is 1.41 bits per heavy atom. The van der Waals surface area contributed by atoms with Gasteiger partial charge in [-0.25, -0.2) is 0 Å². The highest BCUT2D eigenvalue weighted by Gasteiger charge is 2.61. The molecule has 0 radical (unpaired) electrons. The number of aliphatic hydroxyl groups excluding tert-OH is 1. The number of piperidine rings is 2. The van der Waals surface area contributed by atoms with Crippen LogP contribution in [-0.2, 0) is 21.4 Å². The molecule has 6 heteroatoms. The number of amides is 1. The maximum atomic E-state index is 13.8. The third kappa shape index (κ3) is 2.84. The number of methoxy groups -OCH3 is 1. The molecule has 3 fully saturated rings. The molecule has 1 aliphatic carbocycles. The van der Waals surface area contributed by atoms with Gasteiger partial charge in [-0.1, -0.05) is 18.2 Å². The lowest BCUT2D eigenvalue weighted by atomic mass is 9.56. The summed E-state index contributed by atoms with van der Waals surface area (Å²) in [5, 5.41) is 13.7. The number of aliphatic hydroxyl groups is 1. The SMILES string of the molecule is COCC[C@H]1C[C@H]2CN3CCc4c([nH]c5ccccc45)[C@](C(=O)NCCO)(C2)[C@H]13. The van der Waals surface area contributed by atoms with Crippen LogP contribution in [0, 0.1) is 11.8 Å². The Morgan fingerprint density at radius 2 is 2.28 bits per heavy atom. The van der Waals surface area contributed by atoms with Gasteiger partial charge in [-0.05, 0) is 49.1 Å². The first-order chi connectivity index (χ1) is 14.2. The summed E-state index contributed by atoms with van der Waals surface area (Å²) >= 11 is 0. The van der Waals surface area contributed by atoms with E-state index in [1.807, 2.05) is 0 Å². The van der Waals surface area contributed by atoms with Crippen molar-refractivity contribution in [3.05, 3.63) is 35.5 Å². The van der Waals surface area contributed by atoms with Gasteiger partial charge in [-0.3, -0.25) is 9.69 Å². The zero-order valence-electron chi connectivity index (χ0n) is 17.1. The number of aromatic amines is 1. The van der Waals surface area contributed by atoms with Crippen molar-refractivity contribution in [2.75, 3.05) is 40.0 Å². The predicted octanol–water partition coefficient (Wildman–Crippen LogP) is 1.82. The number of ether oxygens (including phenoxy) is 1. The average Bonchev–Trinajstić information content (AvgIpc) is 3.09. The summed E-state index contributed by atoms with van der Waals surface area (Å²) < 4.78 is 5.42. The average molecular weight is 398 g/mol. The summed E-state index contributed by atoms with van der Waals surface area (Å²) in [7, 11) is 1.76. The van der Waals surface area contributed by atoms with Crippen LogP contribution < -0.4 is 5.32 Å². The van der Waals surface area contributed by atoms with Crippen molar-refractivity contribution in [1.82, 2.24) is 15.2 Å². The number of carbonyl (C=O) groups is 1. The summed E-state index contributed by atoms with van der Waals surface area (Å²) in [6.07, 6.45) is 4.01. The minimum absolute atomic E-state index is 0.0354. The summed E-state index contributed by atoms with van der Waals surface area (Å²) in [6, 6.07) is 8.60. The van der Waals surface area contributed by atoms with E-state index in [1.165, 1.54) is 17.4 Å². The molecule has 2 saturated heterocycles. The van der Waals surface area contributed by atoms with E-state index in [0.717, 1.165) is 50.2 Å². The number of nitrogens with zero attached hydrogens (tertiary/aromatic N) is 1. The van der Waals surface area contributed by atoms with E-state index >= 15 is 0 Å². The van der Waals surface area contributed by atoms with Crippen LogP contribution in [-0.4, -0.2) is 66.9 Å². The lowest BCUT2D eigenvalue weighted by molar-refractivity contribution is -0.142. The zero-order chi connectivity index (χ0) is 20.0. The molecular formula is C23H31N3O3. The molecule has 3 aliphatic heterocycles. The molecule has 2 aromatic rings. The number of nitrogens with one attached hydrogen (secondary N) is 2. The number of aromatic nitrogens is 1. The van der Waals surface area contributed by atoms with Gasteiger partial charge in [0.1, 0.15) is 5.41 Å². The highest BCUT2D eigenvalue weighted by Crippen LogP contribution is 2.55. The first-order valence-electron chi connectivity index (χ1n) is 10.9. The summed E-state index contributed by atoms with van der Waals surface area (Å²) in [5.74, 6) is 1.03. The maximum absolute atomic E-state index is 13.8. The molecule has 1 amide bonds. The first kappa shape index (κ1) is 19.1. The highest BCUT2D eigenvalue weighted by atomic mass is 16.5. The quantitative estimate of drug-likeness (QED) is 0.695. The Kier molecular flexibility index (Phi) is 4.88. The number of carbonyl (C=O) groups excluding carboxylic acids is 1. The van der Waals surface area contributed by atoms with Crippen LogP contribution in [0.15, 0.2) is 24.3 Å². The Morgan fingerprint density at radius 3 is 3.10 bits per heavy atom. The van der Waals surface area contributed by atoms with Crippen LogP contribution in [0.1, 0.15) is 30.5 Å². The number of H-pyrrole nitrogens is 1. The Labute approximate surface area is 171 Å². The molecular weight excluding hydrogens is 366 g/mol. The van der Waals surface area contributed by atoms with Crippen molar-refractivity contribution >= 4 is 16.8 Å². The molecule has 4 aliphatic rings. The molecule has 156 valence electrons. The fourth-order valence-corrected chi connectivity index (χ4v) is 6.60. The number of benzene rings is 1. The van der Waals surface area contributed by atoms with Crippen LogP contribution in [0.5, 0.6) is 0 Å².